The molecule has 3 N–H and O–H groups in total. The van der Waals surface area contributed by atoms with Gasteiger partial charge in [0.15, 0.2) is 0 Å². The largest absolute Gasteiger partial charge is 0.409 e. The Labute approximate surface area is 99.5 Å². The molecule has 1 rings (SSSR count). The van der Waals surface area contributed by atoms with Crippen molar-refractivity contribution in [2.45, 2.75) is 6.92 Å². The summed E-state index contributed by atoms with van der Waals surface area (Å²) in [7, 11) is 3.37. The maximum atomic E-state index is 12.0. The lowest BCUT2D eigenvalue weighted by Crippen LogP contribution is -2.37. The highest BCUT2D eigenvalue weighted by Gasteiger charge is 2.18. The van der Waals surface area contributed by atoms with Crippen LogP contribution in [0.4, 0.5) is 0 Å². The second-order valence-corrected chi connectivity index (χ2v) is 3.95. The molecule has 94 valence electrons. The molecule has 0 aliphatic carbocycles. The number of nitrogens with two attached hydrogens (primary N) is 1. The predicted octanol–water partition coefficient (Wildman–Crippen LogP) is -0.125. The summed E-state index contributed by atoms with van der Waals surface area (Å²) in [5.74, 6) is -0.251. The number of carbonyl (C=O) groups is 1. The van der Waals surface area contributed by atoms with Crippen molar-refractivity contribution in [2.75, 3.05) is 13.6 Å². The molecular formula is C10H17N5O2. The average Bonchev–Trinajstić information content (AvgIpc) is 2.73. The molecule has 0 bridgehead atoms. The highest BCUT2D eigenvalue weighted by Crippen LogP contribution is 2.05. The standard InChI is InChI=1S/C10H17N5O2/c1-7(9(11)13-17)6-14(2)10(16)8-4-5-12-15(8)3/h4-5,7,17H,6H2,1-3H3,(H2,11,13). The summed E-state index contributed by atoms with van der Waals surface area (Å²) in [6.07, 6.45) is 1.56. The summed E-state index contributed by atoms with van der Waals surface area (Å²) in [5, 5.41) is 15.4. The van der Waals surface area contributed by atoms with Gasteiger partial charge in [0.1, 0.15) is 11.5 Å². The molecule has 0 fully saturated rings. The highest BCUT2D eigenvalue weighted by atomic mass is 16.4. The third-order valence-corrected chi connectivity index (χ3v) is 2.55. The molecule has 0 aliphatic heterocycles. The normalized spacial score (nSPS) is 13.5. The summed E-state index contributed by atoms with van der Waals surface area (Å²) in [6, 6.07) is 1.65. The molecule has 1 aromatic heterocycles. The SMILES string of the molecule is CC(CN(C)C(=O)c1ccnn1C)C(N)=NO. The number of hydrogen-bond acceptors (Lipinski definition) is 4. The zero-order valence-corrected chi connectivity index (χ0v) is 10.2. The van der Waals surface area contributed by atoms with Crippen LogP contribution < -0.4 is 5.73 Å². The fraction of sp³-hybridized carbons (Fsp3) is 0.500. The topological polar surface area (TPSA) is 96.7 Å². The first-order chi connectivity index (χ1) is 7.97. The molecule has 17 heavy (non-hydrogen) atoms. The van der Waals surface area contributed by atoms with Crippen LogP contribution in [0, 0.1) is 5.92 Å². The van der Waals surface area contributed by atoms with E-state index in [1.165, 1.54) is 9.58 Å². The summed E-state index contributed by atoms with van der Waals surface area (Å²) in [4.78, 5) is 13.5. The van der Waals surface area contributed by atoms with E-state index in [0.717, 1.165) is 0 Å². The van der Waals surface area contributed by atoms with Gasteiger partial charge < -0.3 is 15.8 Å². The Balaban J connectivity index is 2.69. The monoisotopic (exact) mass is 239 g/mol. The minimum absolute atomic E-state index is 0.106. The van der Waals surface area contributed by atoms with Gasteiger partial charge in [-0.15, -0.1) is 0 Å². The number of aryl methyl sites for hydroxylation is 1. The number of oxime groups is 1. The summed E-state index contributed by atoms with van der Waals surface area (Å²) < 4.78 is 1.51. The van der Waals surface area contributed by atoms with E-state index in [1.54, 1.807) is 33.3 Å². The lowest BCUT2D eigenvalue weighted by Gasteiger charge is -2.20. The number of rotatable bonds is 4. The van der Waals surface area contributed by atoms with Crippen molar-refractivity contribution in [1.82, 2.24) is 14.7 Å². The lowest BCUT2D eigenvalue weighted by molar-refractivity contribution is 0.0775. The van der Waals surface area contributed by atoms with Gasteiger partial charge in [-0.25, -0.2) is 0 Å². The first kappa shape index (κ1) is 13.0. The molecule has 7 heteroatoms. The van der Waals surface area contributed by atoms with Crippen molar-refractivity contribution >= 4 is 11.7 Å². The molecule has 0 saturated heterocycles. The molecule has 1 aromatic rings. The van der Waals surface area contributed by atoms with Crippen molar-refractivity contribution in [2.24, 2.45) is 23.9 Å². The summed E-state index contributed by atoms with van der Waals surface area (Å²) in [6.45, 7) is 2.15. The van der Waals surface area contributed by atoms with E-state index >= 15 is 0 Å². The second kappa shape index (κ2) is 5.33. The van der Waals surface area contributed by atoms with Gasteiger partial charge in [-0.05, 0) is 6.07 Å². The molecule has 0 aliphatic rings. The van der Waals surface area contributed by atoms with Crippen LogP contribution in [0.15, 0.2) is 17.4 Å². The van der Waals surface area contributed by atoms with E-state index in [1.807, 2.05) is 0 Å². The number of hydrogen-bond donors (Lipinski definition) is 2. The van der Waals surface area contributed by atoms with Crippen LogP contribution in [0.5, 0.6) is 0 Å². The zero-order chi connectivity index (χ0) is 13.0. The minimum atomic E-state index is -0.206. The maximum Gasteiger partial charge on any atom is 0.271 e. The summed E-state index contributed by atoms with van der Waals surface area (Å²) in [5.41, 5.74) is 5.96. The van der Waals surface area contributed by atoms with Crippen molar-refractivity contribution < 1.29 is 10.0 Å². The van der Waals surface area contributed by atoms with Gasteiger partial charge in [-0.1, -0.05) is 12.1 Å². The average molecular weight is 239 g/mol. The molecule has 1 atom stereocenters. The van der Waals surface area contributed by atoms with Crippen LogP contribution in [-0.2, 0) is 7.05 Å². The van der Waals surface area contributed by atoms with Crippen molar-refractivity contribution in [3.63, 3.8) is 0 Å². The first-order valence-corrected chi connectivity index (χ1v) is 5.18. The van der Waals surface area contributed by atoms with Gasteiger partial charge in [-0.3, -0.25) is 9.48 Å². The van der Waals surface area contributed by atoms with Crippen molar-refractivity contribution in [3.8, 4) is 0 Å². The van der Waals surface area contributed by atoms with E-state index in [2.05, 4.69) is 10.3 Å². The molecule has 7 nitrogen and oxygen atoms in total. The number of aromatic nitrogens is 2. The maximum absolute atomic E-state index is 12.0. The van der Waals surface area contributed by atoms with Gasteiger partial charge >= 0.3 is 0 Å². The highest BCUT2D eigenvalue weighted by molar-refractivity contribution is 5.92. The number of amides is 1. The van der Waals surface area contributed by atoms with Crippen molar-refractivity contribution in [3.05, 3.63) is 18.0 Å². The first-order valence-electron chi connectivity index (χ1n) is 5.18. The molecule has 0 radical (unpaired) electrons. The minimum Gasteiger partial charge on any atom is -0.409 e. The Bertz CT molecular complexity index is 426. The van der Waals surface area contributed by atoms with E-state index in [-0.39, 0.29) is 17.7 Å². The second-order valence-electron chi connectivity index (χ2n) is 3.95. The Morgan fingerprint density at radius 3 is 2.88 bits per heavy atom. The number of amidine groups is 1. The van der Waals surface area contributed by atoms with Gasteiger partial charge in [0.2, 0.25) is 0 Å². The molecule has 0 saturated carbocycles. The smallest absolute Gasteiger partial charge is 0.271 e. The van der Waals surface area contributed by atoms with Crippen molar-refractivity contribution in [1.29, 1.82) is 0 Å². The van der Waals surface area contributed by atoms with Gasteiger partial charge in [-0.2, -0.15) is 5.10 Å². The predicted molar refractivity (Wildman–Crippen MR) is 62.7 cm³/mol. The fourth-order valence-electron chi connectivity index (χ4n) is 1.47. The van der Waals surface area contributed by atoms with Crippen LogP contribution in [0.3, 0.4) is 0 Å². The van der Waals surface area contributed by atoms with Crippen LogP contribution >= 0.6 is 0 Å². The molecule has 1 amide bonds. The van der Waals surface area contributed by atoms with Crippen LogP contribution in [-0.4, -0.2) is 45.2 Å². The molecule has 0 spiro atoms. The molecule has 0 aromatic carbocycles. The fourth-order valence-corrected chi connectivity index (χ4v) is 1.47. The van der Waals surface area contributed by atoms with Crippen LogP contribution in [0.1, 0.15) is 17.4 Å². The Kier molecular flexibility index (Phi) is 4.08. The van der Waals surface area contributed by atoms with Gasteiger partial charge in [0.05, 0.1) is 0 Å². The van der Waals surface area contributed by atoms with Gasteiger partial charge in [0.25, 0.3) is 5.91 Å². The van der Waals surface area contributed by atoms with E-state index in [4.69, 9.17) is 10.9 Å². The van der Waals surface area contributed by atoms with Crippen LogP contribution in [0.25, 0.3) is 0 Å². The molecular weight excluding hydrogens is 222 g/mol. The zero-order valence-electron chi connectivity index (χ0n) is 10.2. The third-order valence-electron chi connectivity index (χ3n) is 2.55. The summed E-state index contributed by atoms with van der Waals surface area (Å²) >= 11 is 0. The van der Waals surface area contributed by atoms with E-state index in [0.29, 0.717) is 12.2 Å². The lowest BCUT2D eigenvalue weighted by atomic mass is 10.1. The Hall–Kier alpha value is -2.05. The Morgan fingerprint density at radius 2 is 2.41 bits per heavy atom. The van der Waals surface area contributed by atoms with E-state index < -0.39 is 0 Å². The van der Waals surface area contributed by atoms with Gasteiger partial charge in [0, 0.05) is 32.8 Å². The Morgan fingerprint density at radius 1 is 1.76 bits per heavy atom. The van der Waals surface area contributed by atoms with E-state index in [9.17, 15) is 4.79 Å². The molecule has 1 heterocycles. The number of nitrogens with zero attached hydrogens (tertiary/aromatic N) is 4. The van der Waals surface area contributed by atoms with Crippen LogP contribution in [0.2, 0.25) is 0 Å². The quantitative estimate of drug-likeness (QED) is 0.331. The molecule has 1 unspecified atom stereocenters. The number of carbonyl (C=O) groups excluding carboxylic acids is 1. The third kappa shape index (κ3) is 2.96.